The predicted octanol–water partition coefficient (Wildman–Crippen LogP) is 3.85. The maximum absolute atomic E-state index is 11.7. The first kappa shape index (κ1) is 13.6. The van der Waals surface area contributed by atoms with Crippen LogP contribution in [0.1, 0.15) is 17.4 Å². The number of benzene rings is 2. The van der Waals surface area contributed by atoms with E-state index in [1.165, 1.54) is 11.3 Å². The van der Waals surface area contributed by atoms with Crippen molar-refractivity contribution in [1.29, 1.82) is 0 Å². The predicted molar refractivity (Wildman–Crippen MR) is 82.7 cm³/mol. The molecule has 1 N–H and O–H groups in total. The molecule has 3 aromatic rings. The van der Waals surface area contributed by atoms with Crippen molar-refractivity contribution in [3.8, 4) is 16.3 Å². The van der Waals surface area contributed by atoms with Gasteiger partial charge in [0, 0.05) is 5.38 Å². The Hall–Kier alpha value is -2.40. The zero-order valence-corrected chi connectivity index (χ0v) is 12.2. The van der Waals surface area contributed by atoms with Crippen LogP contribution in [0.15, 0.2) is 41.8 Å². The van der Waals surface area contributed by atoms with Gasteiger partial charge in [-0.15, -0.1) is 11.3 Å². The number of phenolic OH excluding ortho intramolecular Hbond substituents is 1. The molecule has 0 aliphatic heterocycles. The third-order valence-electron chi connectivity index (χ3n) is 3.11. The standard InChI is InChI=1S/C16H13NO3S/c1-2-20-16(19)12-9-21-15(17-12)14-11-6-4-3-5-10(11)7-8-13(14)18/h3-9,18H,2H2,1H3. The number of aromatic hydroxyl groups is 1. The van der Waals surface area contributed by atoms with Gasteiger partial charge in [0.05, 0.1) is 12.2 Å². The third-order valence-corrected chi connectivity index (χ3v) is 3.97. The zero-order chi connectivity index (χ0) is 14.8. The van der Waals surface area contributed by atoms with Gasteiger partial charge in [-0.25, -0.2) is 9.78 Å². The van der Waals surface area contributed by atoms with Crippen molar-refractivity contribution in [2.24, 2.45) is 0 Å². The smallest absolute Gasteiger partial charge is 0.357 e. The van der Waals surface area contributed by atoms with E-state index in [0.29, 0.717) is 17.2 Å². The number of rotatable bonds is 3. The summed E-state index contributed by atoms with van der Waals surface area (Å²) in [5.41, 5.74) is 0.915. The van der Waals surface area contributed by atoms with Crippen LogP contribution in [0.3, 0.4) is 0 Å². The molecular weight excluding hydrogens is 286 g/mol. The average molecular weight is 299 g/mol. The fraction of sp³-hybridized carbons (Fsp3) is 0.125. The monoisotopic (exact) mass is 299 g/mol. The molecule has 2 aromatic carbocycles. The third kappa shape index (κ3) is 2.48. The summed E-state index contributed by atoms with van der Waals surface area (Å²) < 4.78 is 4.94. The Morgan fingerprint density at radius 1 is 1.29 bits per heavy atom. The molecule has 21 heavy (non-hydrogen) atoms. The minimum Gasteiger partial charge on any atom is -0.507 e. The molecule has 0 amide bonds. The van der Waals surface area contributed by atoms with Crippen LogP contribution in [-0.4, -0.2) is 22.7 Å². The normalized spacial score (nSPS) is 10.7. The van der Waals surface area contributed by atoms with E-state index < -0.39 is 5.97 Å². The van der Waals surface area contributed by atoms with Gasteiger partial charge in [-0.1, -0.05) is 30.3 Å². The molecule has 3 rings (SSSR count). The van der Waals surface area contributed by atoms with Crippen LogP contribution < -0.4 is 0 Å². The maximum Gasteiger partial charge on any atom is 0.357 e. The SMILES string of the molecule is CCOC(=O)c1csc(-c2c(O)ccc3ccccc23)n1. The molecule has 1 aromatic heterocycles. The second-order valence-corrected chi connectivity index (χ2v) is 5.30. The van der Waals surface area contributed by atoms with Crippen LogP contribution in [-0.2, 0) is 4.74 Å². The molecule has 0 radical (unpaired) electrons. The van der Waals surface area contributed by atoms with Gasteiger partial charge in [0.2, 0.25) is 0 Å². The zero-order valence-electron chi connectivity index (χ0n) is 11.4. The lowest BCUT2D eigenvalue weighted by atomic mass is 10.0. The number of hydrogen-bond donors (Lipinski definition) is 1. The van der Waals surface area contributed by atoms with Crippen LogP contribution in [0, 0.1) is 0 Å². The fourth-order valence-electron chi connectivity index (χ4n) is 2.17. The van der Waals surface area contributed by atoms with Gasteiger partial charge in [-0.05, 0) is 23.8 Å². The molecule has 0 saturated carbocycles. The Morgan fingerprint density at radius 2 is 2.10 bits per heavy atom. The molecule has 0 aliphatic carbocycles. The molecule has 0 aliphatic rings. The molecule has 0 spiro atoms. The number of ether oxygens (including phenoxy) is 1. The number of fused-ring (bicyclic) bond motifs is 1. The van der Waals surface area contributed by atoms with Gasteiger partial charge in [0.25, 0.3) is 0 Å². The molecule has 5 heteroatoms. The molecule has 0 atom stereocenters. The van der Waals surface area contributed by atoms with Gasteiger partial charge >= 0.3 is 5.97 Å². The van der Waals surface area contributed by atoms with Gasteiger partial charge < -0.3 is 9.84 Å². The van der Waals surface area contributed by atoms with Crippen molar-refractivity contribution >= 4 is 28.1 Å². The van der Waals surface area contributed by atoms with E-state index in [2.05, 4.69) is 4.98 Å². The summed E-state index contributed by atoms with van der Waals surface area (Å²) in [7, 11) is 0. The number of aromatic nitrogens is 1. The minimum absolute atomic E-state index is 0.151. The Kier molecular flexibility index (Phi) is 3.58. The van der Waals surface area contributed by atoms with Crippen LogP contribution in [0.25, 0.3) is 21.3 Å². The minimum atomic E-state index is -0.445. The molecule has 0 saturated heterocycles. The number of carbonyl (C=O) groups is 1. The van der Waals surface area contributed by atoms with Crippen molar-refractivity contribution in [3.05, 3.63) is 47.5 Å². The lowest BCUT2D eigenvalue weighted by molar-refractivity contribution is 0.0520. The Bertz CT molecular complexity index is 810. The summed E-state index contributed by atoms with van der Waals surface area (Å²) in [6, 6.07) is 11.2. The van der Waals surface area contributed by atoms with Crippen LogP contribution in [0.5, 0.6) is 5.75 Å². The van der Waals surface area contributed by atoms with E-state index in [9.17, 15) is 9.90 Å². The van der Waals surface area contributed by atoms with Gasteiger partial charge in [0.1, 0.15) is 10.8 Å². The Labute approximate surface area is 125 Å². The summed E-state index contributed by atoms with van der Waals surface area (Å²) in [5, 5.41) is 14.3. The van der Waals surface area contributed by atoms with Crippen molar-refractivity contribution in [3.63, 3.8) is 0 Å². The average Bonchev–Trinajstić information content (AvgIpc) is 2.97. The summed E-state index contributed by atoms with van der Waals surface area (Å²) in [6.45, 7) is 2.06. The van der Waals surface area contributed by atoms with E-state index >= 15 is 0 Å². The second-order valence-electron chi connectivity index (χ2n) is 4.44. The van der Waals surface area contributed by atoms with E-state index in [4.69, 9.17) is 4.74 Å². The first-order valence-corrected chi connectivity index (χ1v) is 7.42. The van der Waals surface area contributed by atoms with Crippen LogP contribution in [0.2, 0.25) is 0 Å². The first-order valence-electron chi connectivity index (χ1n) is 6.54. The fourth-order valence-corrected chi connectivity index (χ4v) is 3.03. The summed E-state index contributed by atoms with van der Waals surface area (Å²) in [4.78, 5) is 16.0. The highest BCUT2D eigenvalue weighted by atomic mass is 32.1. The lowest BCUT2D eigenvalue weighted by Gasteiger charge is -2.06. The number of hydrogen-bond acceptors (Lipinski definition) is 5. The number of esters is 1. The lowest BCUT2D eigenvalue weighted by Crippen LogP contribution is -2.04. The van der Waals surface area contributed by atoms with Gasteiger partial charge in [-0.2, -0.15) is 0 Å². The van der Waals surface area contributed by atoms with Crippen molar-refractivity contribution < 1.29 is 14.6 Å². The molecule has 0 bridgehead atoms. The van der Waals surface area contributed by atoms with Gasteiger partial charge in [0.15, 0.2) is 5.69 Å². The maximum atomic E-state index is 11.7. The van der Waals surface area contributed by atoms with Crippen molar-refractivity contribution in [2.45, 2.75) is 6.92 Å². The van der Waals surface area contributed by atoms with Crippen LogP contribution >= 0.6 is 11.3 Å². The van der Waals surface area contributed by atoms with E-state index in [-0.39, 0.29) is 11.4 Å². The number of phenols is 1. The summed E-state index contributed by atoms with van der Waals surface area (Å²) in [5.74, 6) is -0.293. The molecular formula is C16H13NO3S. The quantitative estimate of drug-likeness (QED) is 0.746. The van der Waals surface area contributed by atoms with Gasteiger partial charge in [-0.3, -0.25) is 0 Å². The van der Waals surface area contributed by atoms with E-state index in [1.54, 1.807) is 18.4 Å². The van der Waals surface area contributed by atoms with E-state index in [0.717, 1.165) is 10.8 Å². The number of thiazole rings is 1. The number of nitrogens with zero attached hydrogens (tertiary/aromatic N) is 1. The van der Waals surface area contributed by atoms with E-state index in [1.807, 2.05) is 30.3 Å². The van der Waals surface area contributed by atoms with Crippen molar-refractivity contribution in [2.75, 3.05) is 6.61 Å². The molecule has 0 unspecified atom stereocenters. The molecule has 106 valence electrons. The summed E-state index contributed by atoms with van der Waals surface area (Å²) >= 11 is 1.31. The highest BCUT2D eigenvalue weighted by Crippen LogP contribution is 2.37. The van der Waals surface area contributed by atoms with Crippen LogP contribution in [0.4, 0.5) is 0 Å². The topological polar surface area (TPSA) is 59.4 Å². The molecule has 0 fully saturated rings. The second kappa shape index (κ2) is 5.54. The highest BCUT2D eigenvalue weighted by Gasteiger charge is 2.16. The summed E-state index contributed by atoms with van der Waals surface area (Å²) in [6.07, 6.45) is 0. The Balaban J connectivity index is 2.12. The number of carbonyl (C=O) groups excluding carboxylic acids is 1. The Morgan fingerprint density at radius 3 is 2.90 bits per heavy atom. The highest BCUT2D eigenvalue weighted by molar-refractivity contribution is 7.13. The first-order chi connectivity index (χ1) is 10.2. The largest absolute Gasteiger partial charge is 0.507 e. The van der Waals surface area contributed by atoms with Crippen molar-refractivity contribution in [1.82, 2.24) is 4.98 Å². The molecule has 1 heterocycles. The molecule has 4 nitrogen and oxygen atoms in total.